The van der Waals surface area contributed by atoms with E-state index in [9.17, 15) is 9.59 Å². The molecule has 0 N–H and O–H groups in total. The van der Waals surface area contributed by atoms with Gasteiger partial charge in [-0.1, -0.05) is 24.0 Å². The summed E-state index contributed by atoms with van der Waals surface area (Å²) >= 11 is 8.44. The van der Waals surface area contributed by atoms with Gasteiger partial charge in [0.2, 0.25) is 0 Å². The van der Waals surface area contributed by atoms with Crippen LogP contribution in [0.15, 0.2) is 17.0 Å². The Hall–Kier alpha value is -1.33. The van der Waals surface area contributed by atoms with Crippen molar-refractivity contribution in [1.29, 1.82) is 0 Å². The highest BCUT2D eigenvalue weighted by atomic mass is 127. The standard InChI is InChI=1S/C15H14INO5S2/c1-17-14(19)11(24-15(17)23)6-8-4-9(16)13(10(5-8)20-2)22-7-12(18)21-3/h4-6H,7H2,1-3H3. The van der Waals surface area contributed by atoms with Crippen LogP contribution >= 0.6 is 46.6 Å². The second-order valence-corrected chi connectivity index (χ2v) is 7.48. The molecule has 1 saturated heterocycles. The molecule has 0 unspecified atom stereocenters. The maximum absolute atomic E-state index is 12.1. The normalized spacial score (nSPS) is 15.8. The van der Waals surface area contributed by atoms with Gasteiger partial charge in [0.15, 0.2) is 18.1 Å². The zero-order chi connectivity index (χ0) is 17.9. The molecule has 1 heterocycles. The van der Waals surface area contributed by atoms with Crippen LogP contribution in [0.5, 0.6) is 11.5 Å². The van der Waals surface area contributed by atoms with E-state index in [0.717, 1.165) is 9.13 Å². The fourth-order valence-electron chi connectivity index (χ4n) is 1.85. The third kappa shape index (κ3) is 4.19. The molecular formula is C15H14INO5S2. The number of carbonyl (C=O) groups excluding carboxylic acids is 2. The van der Waals surface area contributed by atoms with Crippen molar-refractivity contribution in [1.82, 2.24) is 4.90 Å². The van der Waals surface area contributed by atoms with Crippen LogP contribution in [0.3, 0.4) is 0 Å². The second-order valence-electron chi connectivity index (χ2n) is 4.64. The highest BCUT2D eigenvalue weighted by Gasteiger charge is 2.28. The molecule has 0 radical (unpaired) electrons. The summed E-state index contributed by atoms with van der Waals surface area (Å²) in [6.45, 7) is -0.212. The summed E-state index contributed by atoms with van der Waals surface area (Å²) in [5.74, 6) is 0.293. The van der Waals surface area contributed by atoms with E-state index in [1.165, 1.54) is 30.9 Å². The first-order valence-electron chi connectivity index (χ1n) is 6.66. The number of ether oxygens (including phenoxy) is 3. The number of hydrogen-bond donors (Lipinski definition) is 0. The number of carbonyl (C=O) groups is 2. The Bertz CT molecular complexity index is 735. The number of nitrogens with zero attached hydrogens (tertiary/aromatic N) is 1. The first-order valence-corrected chi connectivity index (χ1v) is 8.96. The third-order valence-electron chi connectivity index (χ3n) is 3.10. The van der Waals surface area contributed by atoms with E-state index < -0.39 is 5.97 Å². The van der Waals surface area contributed by atoms with Crippen molar-refractivity contribution in [2.45, 2.75) is 0 Å². The Morgan fingerprint density at radius 2 is 2.12 bits per heavy atom. The van der Waals surface area contributed by atoms with Crippen molar-refractivity contribution in [3.63, 3.8) is 0 Å². The molecular weight excluding hydrogens is 465 g/mol. The molecule has 0 aromatic heterocycles. The summed E-state index contributed by atoms with van der Waals surface area (Å²) in [5.41, 5.74) is 0.774. The summed E-state index contributed by atoms with van der Waals surface area (Å²) in [7, 11) is 4.44. The number of methoxy groups -OCH3 is 2. The molecule has 0 spiro atoms. The van der Waals surface area contributed by atoms with Crippen molar-refractivity contribution in [2.75, 3.05) is 27.9 Å². The zero-order valence-electron chi connectivity index (χ0n) is 13.1. The van der Waals surface area contributed by atoms with Crippen LogP contribution in [0.1, 0.15) is 5.56 Å². The van der Waals surface area contributed by atoms with E-state index >= 15 is 0 Å². The van der Waals surface area contributed by atoms with Gasteiger partial charge in [0.05, 0.1) is 22.7 Å². The number of amides is 1. The van der Waals surface area contributed by atoms with Crippen molar-refractivity contribution in [3.05, 3.63) is 26.2 Å². The van der Waals surface area contributed by atoms with Gasteiger partial charge in [-0.2, -0.15) is 0 Å². The number of halogens is 1. The van der Waals surface area contributed by atoms with E-state index in [4.69, 9.17) is 21.7 Å². The Morgan fingerprint density at radius 1 is 1.42 bits per heavy atom. The van der Waals surface area contributed by atoms with Gasteiger partial charge in [0.1, 0.15) is 4.32 Å². The molecule has 2 rings (SSSR count). The number of likely N-dealkylation sites (N-methyl/N-ethyl adjacent to an activating group) is 1. The third-order valence-corrected chi connectivity index (χ3v) is 5.38. The van der Waals surface area contributed by atoms with Gasteiger partial charge in [-0.3, -0.25) is 9.69 Å². The van der Waals surface area contributed by atoms with Crippen LogP contribution in [0.25, 0.3) is 6.08 Å². The molecule has 6 nitrogen and oxygen atoms in total. The lowest BCUT2D eigenvalue weighted by Gasteiger charge is -2.13. The van der Waals surface area contributed by atoms with Gasteiger partial charge in [-0.25, -0.2) is 4.79 Å². The van der Waals surface area contributed by atoms with Crippen LogP contribution in [0, 0.1) is 3.57 Å². The number of esters is 1. The molecule has 24 heavy (non-hydrogen) atoms. The Balaban J connectivity index is 2.31. The molecule has 1 aliphatic rings. The van der Waals surface area contributed by atoms with E-state index in [1.807, 2.05) is 6.07 Å². The maximum Gasteiger partial charge on any atom is 0.343 e. The lowest BCUT2D eigenvalue weighted by atomic mass is 10.2. The van der Waals surface area contributed by atoms with Crippen molar-refractivity contribution >= 4 is 68.8 Å². The summed E-state index contributed by atoms with van der Waals surface area (Å²) < 4.78 is 16.6. The Morgan fingerprint density at radius 3 is 2.67 bits per heavy atom. The number of hydrogen-bond acceptors (Lipinski definition) is 7. The summed E-state index contributed by atoms with van der Waals surface area (Å²) in [5, 5.41) is 0. The highest BCUT2D eigenvalue weighted by molar-refractivity contribution is 14.1. The maximum atomic E-state index is 12.1. The van der Waals surface area contributed by atoms with E-state index in [-0.39, 0.29) is 12.5 Å². The smallest absolute Gasteiger partial charge is 0.343 e. The lowest BCUT2D eigenvalue weighted by Crippen LogP contribution is -2.22. The molecule has 9 heteroatoms. The fraction of sp³-hybridized carbons (Fsp3) is 0.267. The minimum Gasteiger partial charge on any atom is -0.493 e. The molecule has 0 atom stereocenters. The molecule has 1 aromatic rings. The monoisotopic (exact) mass is 479 g/mol. The first-order chi connectivity index (χ1) is 11.4. The average molecular weight is 479 g/mol. The fourth-order valence-corrected chi connectivity index (χ4v) is 3.81. The predicted octanol–water partition coefficient (Wildman–Crippen LogP) is 2.68. The van der Waals surface area contributed by atoms with Gasteiger partial charge in [-0.05, 0) is 46.4 Å². The van der Waals surface area contributed by atoms with Gasteiger partial charge in [-0.15, -0.1) is 0 Å². The number of rotatable bonds is 5. The molecule has 1 amide bonds. The summed E-state index contributed by atoms with van der Waals surface area (Å²) in [6, 6.07) is 3.56. The molecule has 1 aromatic carbocycles. The second kappa shape index (κ2) is 8.17. The number of thioether (sulfide) groups is 1. The van der Waals surface area contributed by atoms with Crippen molar-refractivity contribution in [3.8, 4) is 11.5 Å². The molecule has 0 aliphatic carbocycles. The predicted molar refractivity (Wildman–Crippen MR) is 104 cm³/mol. The van der Waals surface area contributed by atoms with Gasteiger partial charge >= 0.3 is 5.97 Å². The first kappa shape index (κ1) is 19.0. The topological polar surface area (TPSA) is 65.1 Å². The van der Waals surface area contributed by atoms with Crippen LogP contribution < -0.4 is 9.47 Å². The van der Waals surface area contributed by atoms with E-state index in [1.54, 1.807) is 19.2 Å². The molecule has 1 aliphatic heterocycles. The minimum atomic E-state index is -0.483. The molecule has 0 bridgehead atoms. The van der Waals surface area contributed by atoms with Gasteiger partial charge in [0.25, 0.3) is 5.91 Å². The zero-order valence-corrected chi connectivity index (χ0v) is 16.9. The van der Waals surface area contributed by atoms with Crippen LogP contribution in [-0.2, 0) is 14.3 Å². The SMILES string of the molecule is COC(=O)COc1c(I)cc(C=C2SC(=S)N(C)C2=O)cc1OC. The largest absolute Gasteiger partial charge is 0.493 e. The van der Waals surface area contributed by atoms with Crippen LogP contribution in [0.2, 0.25) is 0 Å². The molecule has 1 fully saturated rings. The van der Waals surface area contributed by atoms with Crippen LogP contribution in [0.4, 0.5) is 0 Å². The average Bonchev–Trinajstić information content (AvgIpc) is 2.80. The van der Waals surface area contributed by atoms with Gasteiger partial charge < -0.3 is 14.2 Å². The quantitative estimate of drug-likeness (QED) is 0.279. The van der Waals surface area contributed by atoms with E-state index in [0.29, 0.717) is 20.7 Å². The van der Waals surface area contributed by atoms with E-state index in [2.05, 4.69) is 27.3 Å². The molecule has 128 valence electrons. The number of benzene rings is 1. The van der Waals surface area contributed by atoms with Crippen LogP contribution in [-0.4, -0.2) is 49.0 Å². The summed E-state index contributed by atoms with van der Waals surface area (Å²) in [4.78, 5) is 25.3. The Kier molecular flexibility index (Phi) is 6.47. The van der Waals surface area contributed by atoms with Crippen molar-refractivity contribution < 1.29 is 23.8 Å². The number of thiocarbonyl (C=S) groups is 1. The lowest BCUT2D eigenvalue weighted by molar-refractivity contribution is -0.143. The van der Waals surface area contributed by atoms with Gasteiger partial charge in [0, 0.05) is 7.05 Å². The highest BCUT2D eigenvalue weighted by Crippen LogP contribution is 2.37. The summed E-state index contributed by atoms with van der Waals surface area (Å²) in [6.07, 6.45) is 1.75. The Labute approximate surface area is 162 Å². The molecule has 0 saturated carbocycles. The minimum absolute atomic E-state index is 0.134. The van der Waals surface area contributed by atoms with Crippen molar-refractivity contribution in [2.24, 2.45) is 0 Å².